The Kier molecular flexibility index (Phi) is 6.23. The number of nitroso groups, excluding NO2 is 1. The minimum atomic E-state index is -0.262. The van der Waals surface area contributed by atoms with Crippen LogP contribution in [-0.4, -0.2) is 35.2 Å². The first-order chi connectivity index (χ1) is 14.9. The van der Waals surface area contributed by atoms with Crippen molar-refractivity contribution in [2.75, 3.05) is 13.1 Å². The first kappa shape index (κ1) is 21.3. The van der Waals surface area contributed by atoms with Gasteiger partial charge in [-0.05, 0) is 56.0 Å². The van der Waals surface area contributed by atoms with Crippen molar-refractivity contribution in [1.29, 1.82) is 0 Å². The second kappa shape index (κ2) is 9.06. The van der Waals surface area contributed by atoms with E-state index in [4.69, 9.17) is 25.7 Å². The van der Waals surface area contributed by atoms with E-state index in [-0.39, 0.29) is 24.7 Å². The highest BCUT2D eigenvalue weighted by Gasteiger charge is 2.28. The number of hydrogen-bond donors (Lipinski definition) is 0. The quantitative estimate of drug-likeness (QED) is 0.444. The summed E-state index contributed by atoms with van der Waals surface area (Å²) in [5.41, 5.74) is 4.05. The molecule has 0 spiro atoms. The summed E-state index contributed by atoms with van der Waals surface area (Å²) in [6, 6.07) is 11.3. The number of aromatic nitrogens is 1. The van der Waals surface area contributed by atoms with Gasteiger partial charge in [-0.15, -0.1) is 0 Å². The lowest BCUT2D eigenvalue weighted by atomic mass is 9.97. The molecule has 1 aliphatic heterocycles. The molecule has 1 aliphatic rings. The third-order valence-corrected chi connectivity index (χ3v) is 5.75. The normalized spacial score (nSPS) is 14.9. The van der Waals surface area contributed by atoms with Crippen molar-refractivity contribution < 1.29 is 13.9 Å². The van der Waals surface area contributed by atoms with Gasteiger partial charge in [0.05, 0.1) is 6.10 Å². The van der Waals surface area contributed by atoms with Crippen LogP contribution in [0.4, 0.5) is 4.79 Å². The molecule has 162 valence electrons. The second-order valence-corrected chi connectivity index (χ2v) is 8.44. The van der Waals surface area contributed by atoms with Gasteiger partial charge in [-0.1, -0.05) is 35.0 Å². The maximum absolute atomic E-state index is 12.1. The van der Waals surface area contributed by atoms with Crippen molar-refractivity contribution in [2.45, 2.75) is 45.3 Å². The summed E-state index contributed by atoms with van der Waals surface area (Å²) in [5.74, 6) is 0.861. The predicted octanol–water partition coefficient (Wildman–Crippen LogP) is 6.14. The van der Waals surface area contributed by atoms with E-state index < -0.39 is 0 Å². The number of oxazole rings is 1. The molecule has 31 heavy (non-hydrogen) atoms. The second-order valence-electron chi connectivity index (χ2n) is 8.03. The minimum Gasteiger partial charge on any atom is -0.447 e. The van der Waals surface area contributed by atoms with Gasteiger partial charge in [-0.3, -0.25) is 0 Å². The van der Waals surface area contributed by atoms with Crippen molar-refractivity contribution in [2.24, 2.45) is 5.18 Å². The van der Waals surface area contributed by atoms with Gasteiger partial charge in [0.2, 0.25) is 0 Å². The van der Waals surface area contributed by atoms with Crippen LogP contribution in [0.1, 0.15) is 44.1 Å². The molecule has 4 rings (SSSR count). The van der Waals surface area contributed by atoms with Gasteiger partial charge in [0, 0.05) is 29.6 Å². The molecule has 0 unspecified atom stereocenters. The van der Waals surface area contributed by atoms with Gasteiger partial charge in [0.15, 0.2) is 11.5 Å². The van der Waals surface area contributed by atoms with Crippen LogP contribution in [0.15, 0.2) is 46.0 Å². The number of rotatable bonds is 5. The lowest BCUT2D eigenvalue weighted by Crippen LogP contribution is -2.39. The average molecular weight is 442 g/mol. The highest BCUT2D eigenvalue weighted by molar-refractivity contribution is 6.33. The van der Waals surface area contributed by atoms with Crippen LogP contribution in [0.5, 0.6) is 0 Å². The van der Waals surface area contributed by atoms with Gasteiger partial charge in [0.25, 0.3) is 0 Å². The molecule has 1 saturated heterocycles. The van der Waals surface area contributed by atoms with E-state index in [9.17, 15) is 9.70 Å². The molecule has 7 nitrogen and oxygen atoms in total. The highest BCUT2D eigenvalue weighted by Crippen LogP contribution is 2.34. The van der Waals surface area contributed by atoms with Gasteiger partial charge in [0.1, 0.15) is 12.1 Å². The Morgan fingerprint density at radius 2 is 2.03 bits per heavy atom. The fourth-order valence-corrected chi connectivity index (χ4v) is 4.15. The first-order valence-electron chi connectivity index (χ1n) is 10.4. The van der Waals surface area contributed by atoms with Crippen LogP contribution >= 0.6 is 11.6 Å². The van der Waals surface area contributed by atoms with Crippen molar-refractivity contribution >= 4 is 28.8 Å². The minimum absolute atomic E-state index is 0.0969. The topological polar surface area (TPSA) is 85.0 Å². The molecule has 0 aliphatic carbocycles. The molecular weight excluding hydrogens is 418 g/mol. The molecule has 0 radical (unpaired) electrons. The predicted molar refractivity (Wildman–Crippen MR) is 119 cm³/mol. The smallest absolute Gasteiger partial charge is 0.410 e. The average Bonchev–Trinajstić information content (AvgIpc) is 3.17. The molecule has 1 fully saturated rings. The molecule has 0 atom stereocenters. The molecule has 3 aromatic rings. The standard InChI is InChI=1S/C23H24ClN3O4/c1-14(2)30-23(28)27-9-7-16(8-10-27)22-26-20-12-17(4-6-21(20)31-22)18-5-3-15(13-25-29)11-19(18)24/h3-6,11-12,14,16H,7-10,13H2,1-2H3. The number of piperidine rings is 1. The Balaban J connectivity index is 1.50. The third kappa shape index (κ3) is 4.71. The molecule has 1 amide bonds. The Bertz CT molecular complexity index is 1100. The Labute approximate surface area is 185 Å². The lowest BCUT2D eigenvalue weighted by Gasteiger charge is -2.30. The zero-order valence-corrected chi connectivity index (χ0v) is 18.3. The molecule has 0 bridgehead atoms. The van der Waals surface area contributed by atoms with Crippen molar-refractivity contribution in [3.8, 4) is 11.1 Å². The summed E-state index contributed by atoms with van der Waals surface area (Å²) >= 11 is 6.42. The zero-order valence-electron chi connectivity index (χ0n) is 17.5. The van der Waals surface area contributed by atoms with Crippen LogP contribution in [0, 0.1) is 4.91 Å². The van der Waals surface area contributed by atoms with Gasteiger partial charge in [-0.2, -0.15) is 4.91 Å². The van der Waals surface area contributed by atoms with E-state index in [1.165, 1.54) is 0 Å². The maximum Gasteiger partial charge on any atom is 0.410 e. The van der Waals surface area contributed by atoms with Crippen LogP contribution in [0.3, 0.4) is 0 Å². The van der Waals surface area contributed by atoms with E-state index in [1.54, 1.807) is 11.0 Å². The zero-order chi connectivity index (χ0) is 22.0. The number of benzene rings is 2. The molecule has 2 aromatic carbocycles. The molecule has 8 heteroatoms. The summed E-state index contributed by atoms with van der Waals surface area (Å²) in [6.07, 6.45) is 1.18. The third-order valence-electron chi connectivity index (χ3n) is 5.43. The summed E-state index contributed by atoms with van der Waals surface area (Å²) in [6.45, 7) is 5.04. The number of ether oxygens (including phenoxy) is 1. The van der Waals surface area contributed by atoms with E-state index in [0.29, 0.717) is 24.0 Å². The number of halogens is 1. The number of fused-ring (bicyclic) bond motifs is 1. The largest absolute Gasteiger partial charge is 0.447 e. The summed E-state index contributed by atoms with van der Waals surface area (Å²) in [5, 5.41) is 3.46. The van der Waals surface area contributed by atoms with Crippen LogP contribution in [0.2, 0.25) is 5.02 Å². The van der Waals surface area contributed by atoms with Crippen molar-refractivity contribution in [3.63, 3.8) is 0 Å². The van der Waals surface area contributed by atoms with Gasteiger partial charge < -0.3 is 14.1 Å². The Morgan fingerprint density at radius 1 is 1.26 bits per heavy atom. The summed E-state index contributed by atoms with van der Waals surface area (Å²) in [4.78, 5) is 29.0. The van der Waals surface area contributed by atoms with Crippen LogP contribution in [-0.2, 0) is 11.3 Å². The maximum atomic E-state index is 12.1. The van der Waals surface area contributed by atoms with Gasteiger partial charge in [-0.25, -0.2) is 9.78 Å². The first-order valence-corrected chi connectivity index (χ1v) is 10.8. The number of carbonyl (C=O) groups excluding carboxylic acids is 1. The molecule has 1 aromatic heterocycles. The van der Waals surface area contributed by atoms with E-state index in [2.05, 4.69) is 5.18 Å². The fraction of sp³-hybridized carbons (Fsp3) is 0.391. The number of hydrogen-bond acceptors (Lipinski definition) is 6. The van der Waals surface area contributed by atoms with Crippen molar-refractivity contribution in [1.82, 2.24) is 9.88 Å². The molecule has 0 N–H and O–H groups in total. The monoisotopic (exact) mass is 441 g/mol. The molecular formula is C23H24ClN3O4. The molecule has 2 heterocycles. The summed E-state index contributed by atoms with van der Waals surface area (Å²) in [7, 11) is 0. The highest BCUT2D eigenvalue weighted by atomic mass is 35.5. The lowest BCUT2D eigenvalue weighted by molar-refractivity contribution is 0.0681. The van der Waals surface area contributed by atoms with Gasteiger partial charge >= 0.3 is 6.09 Å². The van der Waals surface area contributed by atoms with Crippen LogP contribution < -0.4 is 0 Å². The van der Waals surface area contributed by atoms with Crippen LogP contribution in [0.25, 0.3) is 22.2 Å². The fourth-order valence-electron chi connectivity index (χ4n) is 3.84. The SMILES string of the molecule is CC(C)OC(=O)N1CCC(c2nc3cc(-c4ccc(CN=O)cc4Cl)ccc3o2)CC1. The molecule has 0 saturated carbocycles. The summed E-state index contributed by atoms with van der Waals surface area (Å²) < 4.78 is 11.3. The Morgan fingerprint density at radius 3 is 2.71 bits per heavy atom. The number of carbonyl (C=O) groups is 1. The number of likely N-dealkylation sites (tertiary alicyclic amines) is 1. The van der Waals surface area contributed by atoms with Crippen molar-refractivity contribution in [3.05, 3.63) is 57.8 Å². The number of nitrogens with zero attached hydrogens (tertiary/aromatic N) is 3. The Hall–Kier alpha value is -2.93. The van der Waals surface area contributed by atoms with E-state index in [0.717, 1.165) is 40.6 Å². The van der Waals surface area contributed by atoms with E-state index >= 15 is 0 Å². The van der Waals surface area contributed by atoms with E-state index in [1.807, 2.05) is 44.2 Å². The number of amides is 1.